The Bertz CT molecular complexity index is 740. The van der Waals surface area contributed by atoms with Crippen LogP contribution in [0.4, 0.5) is 5.69 Å². The molecule has 0 aliphatic carbocycles. The molecule has 0 radical (unpaired) electrons. The van der Waals surface area contributed by atoms with Crippen molar-refractivity contribution in [3.05, 3.63) is 58.6 Å². The van der Waals surface area contributed by atoms with Crippen molar-refractivity contribution >= 4 is 16.9 Å². The van der Waals surface area contributed by atoms with Gasteiger partial charge in [0.25, 0.3) is 0 Å². The van der Waals surface area contributed by atoms with Crippen molar-refractivity contribution in [1.29, 1.82) is 0 Å². The SMILES string of the molecule is Nc1ccc(Cn2c(=O)[nH]c3ncccc32)cc1. The summed E-state index contributed by atoms with van der Waals surface area (Å²) >= 11 is 0. The Kier molecular flexibility index (Phi) is 2.37. The molecular weight excluding hydrogens is 228 g/mol. The van der Waals surface area contributed by atoms with Crippen LogP contribution in [0.3, 0.4) is 0 Å². The van der Waals surface area contributed by atoms with Crippen molar-refractivity contribution in [3.8, 4) is 0 Å². The predicted molar refractivity (Wildman–Crippen MR) is 70.3 cm³/mol. The zero-order valence-electron chi connectivity index (χ0n) is 9.63. The van der Waals surface area contributed by atoms with E-state index in [1.54, 1.807) is 10.8 Å². The second kappa shape index (κ2) is 4.03. The van der Waals surface area contributed by atoms with Crippen LogP contribution in [0.1, 0.15) is 5.56 Å². The number of rotatable bonds is 2. The minimum absolute atomic E-state index is 0.152. The molecular formula is C13H12N4O. The summed E-state index contributed by atoms with van der Waals surface area (Å²) in [5, 5.41) is 0. The Morgan fingerprint density at radius 3 is 2.78 bits per heavy atom. The van der Waals surface area contributed by atoms with Crippen LogP contribution in [0.25, 0.3) is 11.2 Å². The van der Waals surface area contributed by atoms with Gasteiger partial charge in [0.1, 0.15) is 0 Å². The molecule has 0 fully saturated rings. The number of nitrogen functional groups attached to an aromatic ring is 1. The number of fused-ring (bicyclic) bond motifs is 1. The lowest BCUT2D eigenvalue weighted by Crippen LogP contribution is -2.17. The normalized spacial score (nSPS) is 10.9. The van der Waals surface area contributed by atoms with Crippen LogP contribution < -0.4 is 11.4 Å². The van der Waals surface area contributed by atoms with E-state index in [4.69, 9.17) is 5.73 Å². The van der Waals surface area contributed by atoms with Gasteiger partial charge in [-0.2, -0.15) is 0 Å². The number of aromatic amines is 1. The molecule has 0 atom stereocenters. The van der Waals surface area contributed by atoms with Gasteiger partial charge in [-0.3, -0.25) is 9.55 Å². The Balaban J connectivity index is 2.07. The fourth-order valence-corrected chi connectivity index (χ4v) is 1.95. The molecule has 0 bridgehead atoms. The molecule has 3 rings (SSSR count). The van der Waals surface area contributed by atoms with Gasteiger partial charge in [0, 0.05) is 11.9 Å². The third kappa shape index (κ3) is 1.75. The van der Waals surface area contributed by atoms with Crippen molar-refractivity contribution in [2.45, 2.75) is 6.54 Å². The topological polar surface area (TPSA) is 76.7 Å². The van der Waals surface area contributed by atoms with Crippen molar-refractivity contribution in [2.75, 3.05) is 5.73 Å². The summed E-state index contributed by atoms with van der Waals surface area (Å²) in [7, 11) is 0. The molecule has 3 aromatic rings. The molecule has 0 aliphatic rings. The highest BCUT2D eigenvalue weighted by Gasteiger charge is 2.07. The van der Waals surface area contributed by atoms with Crippen molar-refractivity contribution in [2.24, 2.45) is 0 Å². The molecule has 0 saturated heterocycles. The van der Waals surface area contributed by atoms with E-state index in [2.05, 4.69) is 9.97 Å². The molecule has 0 saturated carbocycles. The number of anilines is 1. The van der Waals surface area contributed by atoms with Crippen LogP contribution in [-0.4, -0.2) is 14.5 Å². The predicted octanol–water partition coefficient (Wildman–Crippen LogP) is 1.36. The third-order valence-electron chi connectivity index (χ3n) is 2.87. The van der Waals surface area contributed by atoms with Crippen molar-refractivity contribution in [3.63, 3.8) is 0 Å². The monoisotopic (exact) mass is 240 g/mol. The van der Waals surface area contributed by atoms with Gasteiger partial charge in [-0.15, -0.1) is 0 Å². The van der Waals surface area contributed by atoms with E-state index in [0.717, 1.165) is 11.1 Å². The smallest absolute Gasteiger partial charge is 0.327 e. The largest absolute Gasteiger partial charge is 0.399 e. The molecule has 2 heterocycles. The molecule has 2 aromatic heterocycles. The Hall–Kier alpha value is -2.56. The van der Waals surface area contributed by atoms with Gasteiger partial charge in [-0.25, -0.2) is 9.78 Å². The summed E-state index contributed by atoms with van der Waals surface area (Å²) in [4.78, 5) is 18.7. The summed E-state index contributed by atoms with van der Waals surface area (Å²) in [5.41, 5.74) is 8.64. The van der Waals surface area contributed by atoms with E-state index in [9.17, 15) is 4.79 Å². The van der Waals surface area contributed by atoms with Gasteiger partial charge < -0.3 is 5.73 Å². The maximum atomic E-state index is 11.9. The molecule has 1 aromatic carbocycles. The van der Waals surface area contributed by atoms with Gasteiger partial charge in [-0.05, 0) is 29.8 Å². The fourth-order valence-electron chi connectivity index (χ4n) is 1.95. The van der Waals surface area contributed by atoms with E-state index in [0.29, 0.717) is 17.9 Å². The number of benzene rings is 1. The number of aromatic nitrogens is 3. The second-order valence-corrected chi connectivity index (χ2v) is 4.13. The van der Waals surface area contributed by atoms with Crippen LogP contribution in [0, 0.1) is 0 Å². The average Bonchev–Trinajstić information content (AvgIpc) is 2.69. The number of hydrogen-bond donors (Lipinski definition) is 2. The van der Waals surface area contributed by atoms with Gasteiger partial charge in [-0.1, -0.05) is 12.1 Å². The number of hydrogen-bond acceptors (Lipinski definition) is 3. The zero-order valence-corrected chi connectivity index (χ0v) is 9.63. The number of nitrogens with two attached hydrogens (primary N) is 1. The third-order valence-corrected chi connectivity index (χ3v) is 2.87. The van der Waals surface area contributed by atoms with E-state index in [-0.39, 0.29) is 5.69 Å². The summed E-state index contributed by atoms with van der Waals surface area (Å²) in [6.45, 7) is 0.505. The quantitative estimate of drug-likeness (QED) is 0.664. The zero-order chi connectivity index (χ0) is 12.5. The Labute approximate surface area is 103 Å². The molecule has 18 heavy (non-hydrogen) atoms. The first-order valence-corrected chi connectivity index (χ1v) is 5.62. The average molecular weight is 240 g/mol. The summed E-state index contributed by atoms with van der Waals surface area (Å²) in [5.74, 6) is 0. The van der Waals surface area contributed by atoms with Gasteiger partial charge in [0.05, 0.1) is 12.1 Å². The summed E-state index contributed by atoms with van der Waals surface area (Å²) in [6.07, 6.45) is 1.66. The van der Waals surface area contributed by atoms with Gasteiger partial charge >= 0.3 is 5.69 Å². The first-order valence-electron chi connectivity index (χ1n) is 5.62. The lowest BCUT2D eigenvalue weighted by atomic mass is 10.2. The molecule has 0 aliphatic heterocycles. The van der Waals surface area contributed by atoms with Crippen LogP contribution in [0.2, 0.25) is 0 Å². The van der Waals surface area contributed by atoms with Crippen LogP contribution in [0.5, 0.6) is 0 Å². The highest BCUT2D eigenvalue weighted by Crippen LogP contribution is 2.10. The molecule has 90 valence electrons. The molecule has 5 heteroatoms. The summed E-state index contributed by atoms with van der Waals surface area (Å²) < 4.78 is 1.66. The van der Waals surface area contributed by atoms with Crippen LogP contribution in [-0.2, 0) is 6.54 Å². The van der Waals surface area contributed by atoms with E-state index in [1.807, 2.05) is 36.4 Å². The fraction of sp³-hybridized carbons (Fsp3) is 0.0769. The summed E-state index contributed by atoms with van der Waals surface area (Å²) in [6, 6.07) is 11.2. The Morgan fingerprint density at radius 2 is 2.00 bits per heavy atom. The first kappa shape index (κ1) is 10.6. The highest BCUT2D eigenvalue weighted by molar-refractivity contribution is 5.70. The number of H-pyrrole nitrogens is 1. The van der Waals surface area contributed by atoms with Crippen molar-refractivity contribution < 1.29 is 0 Å². The van der Waals surface area contributed by atoms with E-state index >= 15 is 0 Å². The first-order chi connectivity index (χ1) is 8.74. The van der Waals surface area contributed by atoms with E-state index in [1.165, 1.54) is 0 Å². The molecule has 5 nitrogen and oxygen atoms in total. The minimum atomic E-state index is -0.152. The maximum absolute atomic E-state index is 11.9. The number of imidazole rings is 1. The molecule has 0 unspecified atom stereocenters. The second-order valence-electron chi connectivity index (χ2n) is 4.13. The minimum Gasteiger partial charge on any atom is -0.399 e. The standard InChI is InChI=1S/C13H12N4O/c14-10-5-3-9(4-6-10)8-17-11-2-1-7-15-12(11)16-13(17)18/h1-7H,8,14H2,(H,15,16,18). The Morgan fingerprint density at radius 1 is 1.22 bits per heavy atom. The van der Waals surface area contributed by atoms with E-state index < -0.39 is 0 Å². The lowest BCUT2D eigenvalue weighted by Gasteiger charge is -2.03. The van der Waals surface area contributed by atoms with Gasteiger partial charge in [0.2, 0.25) is 0 Å². The van der Waals surface area contributed by atoms with Gasteiger partial charge in [0.15, 0.2) is 5.65 Å². The van der Waals surface area contributed by atoms with Crippen molar-refractivity contribution in [1.82, 2.24) is 14.5 Å². The molecule has 0 spiro atoms. The molecule has 0 amide bonds. The number of pyridine rings is 1. The molecule has 3 N–H and O–H groups in total. The highest BCUT2D eigenvalue weighted by atomic mass is 16.1. The number of nitrogens with one attached hydrogen (secondary N) is 1. The maximum Gasteiger partial charge on any atom is 0.327 e. The van der Waals surface area contributed by atoms with Crippen LogP contribution in [0.15, 0.2) is 47.4 Å². The number of nitrogens with zero attached hydrogens (tertiary/aromatic N) is 2. The van der Waals surface area contributed by atoms with Crippen LogP contribution >= 0.6 is 0 Å². The lowest BCUT2D eigenvalue weighted by molar-refractivity contribution is 0.787.